The van der Waals surface area contributed by atoms with E-state index in [2.05, 4.69) is 41.2 Å². The highest BCUT2D eigenvalue weighted by atomic mass is 79.9. The van der Waals surface area contributed by atoms with Gasteiger partial charge in [-0.25, -0.2) is 0 Å². The van der Waals surface area contributed by atoms with Gasteiger partial charge in [0.1, 0.15) is 5.75 Å². The second-order valence-electron chi connectivity index (χ2n) is 7.18. The van der Waals surface area contributed by atoms with Gasteiger partial charge in [-0.2, -0.15) is 0 Å². The average molecular weight is 394 g/mol. The van der Waals surface area contributed by atoms with Crippen LogP contribution in [-0.2, 0) is 16.0 Å². The summed E-state index contributed by atoms with van der Waals surface area (Å²) in [5.41, 5.74) is 3.07. The van der Waals surface area contributed by atoms with Crippen LogP contribution in [-0.4, -0.2) is 31.6 Å². The maximum absolute atomic E-state index is 12.7. The van der Waals surface area contributed by atoms with Crippen molar-refractivity contribution in [3.63, 3.8) is 0 Å². The number of allylic oxidation sites excluding steroid dienone is 1. The van der Waals surface area contributed by atoms with E-state index in [4.69, 9.17) is 9.47 Å². The summed E-state index contributed by atoms with van der Waals surface area (Å²) in [6.45, 7) is 5.66. The summed E-state index contributed by atoms with van der Waals surface area (Å²) in [4.78, 5) is 12.7. The van der Waals surface area contributed by atoms with E-state index in [0.717, 1.165) is 40.7 Å². The first-order chi connectivity index (χ1) is 11.4. The van der Waals surface area contributed by atoms with E-state index >= 15 is 0 Å². The van der Waals surface area contributed by atoms with Gasteiger partial charge in [0.2, 0.25) is 0 Å². The summed E-state index contributed by atoms with van der Waals surface area (Å²) in [5.74, 6) is 1.08. The van der Waals surface area contributed by atoms with Gasteiger partial charge in [0.25, 0.3) is 0 Å². The van der Waals surface area contributed by atoms with Crippen molar-refractivity contribution < 1.29 is 14.3 Å². The number of rotatable bonds is 3. The van der Waals surface area contributed by atoms with Crippen LogP contribution in [0.15, 0.2) is 22.7 Å². The molecule has 2 heterocycles. The zero-order chi connectivity index (χ0) is 17.3. The SMILES string of the molecule is COc1cc2c(cc1Br)/C(=C/C(=O)C1CCOCC1)NC(C)(C)C2. The lowest BCUT2D eigenvalue weighted by Crippen LogP contribution is -2.44. The molecule has 0 atom stereocenters. The molecule has 0 aromatic heterocycles. The van der Waals surface area contributed by atoms with Gasteiger partial charge < -0.3 is 14.8 Å². The van der Waals surface area contributed by atoms with E-state index in [-0.39, 0.29) is 17.2 Å². The first kappa shape index (κ1) is 17.5. The highest BCUT2D eigenvalue weighted by Gasteiger charge is 2.30. The molecule has 1 N–H and O–H groups in total. The van der Waals surface area contributed by atoms with Crippen LogP contribution in [0.2, 0.25) is 0 Å². The number of halogens is 1. The lowest BCUT2D eigenvalue weighted by molar-refractivity contribution is -0.120. The Morgan fingerprint density at radius 2 is 2.08 bits per heavy atom. The molecular weight excluding hydrogens is 370 g/mol. The monoisotopic (exact) mass is 393 g/mol. The van der Waals surface area contributed by atoms with E-state index < -0.39 is 0 Å². The third kappa shape index (κ3) is 3.67. The van der Waals surface area contributed by atoms with E-state index in [1.807, 2.05) is 6.07 Å². The molecule has 1 saturated heterocycles. The lowest BCUT2D eigenvalue weighted by Gasteiger charge is -2.36. The number of carbonyl (C=O) groups is 1. The maximum atomic E-state index is 12.7. The van der Waals surface area contributed by atoms with Gasteiger partial charge in [0.15, 0.2) is 5.78 Å². The van der Waals surface area contributed by atoms with Crippen LogP contribution in [0, 0.1) is 5.92 Å². The zero-order valence-corrected chi connectivity index (χ0v) is 16.0. The molecule has 0 unspecified atom stereocenters. The van der Waals surface area contributed by atoms with Gasteiger partial charge in [-0.3, -0.25) is 4.79 Å². The van der Waals surface area contributed by atoms with Crippen molar-refractivity contribution in [1.29, 1.82) is 0 Å². The second-order valence-corrected chi connectivity index (χ2v) is 8.03. The van der Waals surface area contributed by atoms with Crippen LogP contribution in [0.5, 0.6) is 5.75 Å². The number of carbonyl (C=O) groups excluding carboxylic acids is 1. The smallest absolute Gasteiger partial charge is 0.161 e. The molecule has 3 rings (SSSR count). The van der Waals surface area contributed by atoms with Crippen molar-refractivity contribution in [3.05, 3.63) is 33.8 Å². The molecule has 2 aliphatic rings. The Morgan fingerprint density at radius 1 is 1.38 bits per heavy atom. The van der Waals surface area contributed by atoms with Gasteiger partial charge in [-0.15, -0.1) is 0 Å². The average Bonchev–Trinajstić information content (AvgIpc) is 2.55. The van der Waals surface area contributed by atoms with Crippen molar-refractivity contribution in [2.24, 2.45) is 5.92 Å². The predicted octanol–water partition coefficient (Wildman–Crippen LogP) is 3.72. The highest BCUT2D eigenvalue weighted by molar-refractivity contribution is 9.10. The van der Waals surface area contributed by atoms with Crippen LogP contribution in [0.25, 0.3) is 5.70 Å². The van der Waals surface area contributed by atoms with Gasteiger partial charge in [0.05, 0.1) is 11.6 Å². The minimum Gasteiger partial charge on any atom is -0.496 e. The number of fused-ring (bicyclic) bond motifs is 1. The molecule has 4 nitrogen and oxygen atoms in total. The quantitative estimate of drug-likeness (QED) is 0.794. The molecule has 1 aromatic carbocycles. The molecule has 0 bridgehead atoms. The Bertz CT molecular complexity index is 675. The Kier molecular flexibility index (Phi) is 5.02. The molecular formula is C19H24BrNO3. The number of nitrogens with one attached hydrogen (secondary N) is 1. The Hall–Kier alpha value is -1.33. The molecule has 0 saturated carbocycles. The van der Waals surface area contributed by atoms with Crippen molar-refractivity contribution >= 4 is 27.4 Å². The molecule has 1 aromatic rings. The first-order valence-electron chi connectivity index (χ1n) is 8.38. The van der Waals surface area contributed by atoms with Gasteiger partial charge in [0, 0.05) is 42.0 Å². The lowest BCUT2D eigenvalue weighted by atomic mass is 9.84. The van der Waals surface area contributed by atoms with Crippen LogP contribution in [0.1, 0.15) is 37.8 Å². The van der Waals surface area contributed by atoms with Gasteiger partial charge in [-0.1, -0.05) is 0 Å². The maximum Gasteiger partial charge on any atom is 0.161 e. The number of benzene rings is 1. The minimum atomic E-state index is -0.104. The van der Waals surface area contributed by atoms with Crippen LogP contribution in [0.3, 0.4) is 0 Å². The molecule has 130 valence electrons. The number of methoxy groups -OCH3 is 1. The number of hydrogen-bond donors (Lipinski definition) is 1. The third-order valence-corrected chi connectivity index (χ3v) is 5.30. The van der Waals surface area contributed by atoms with Crippen molar-refractivity contribution in [3.8, 4) is 5.75 Å². The number of ether oxygens (including phenoxy) is 2. The summed E-state index contributed by atoms with van der Waals surface area (Å²) in [6, 6.07) is 4.11. The molecule has 5 heteroatoms. The molecule has 24 heavy (non-hydrogen) atoms. The molecule has 2 aliphatic heterocycles. The summed E-state index contributed by atoms with van der Waals surface area (Å²) < 4.78 is 11.7. The Labute approximate surface area is 151 Å². The van der Waals surface area contributed by atoms with Crippen LogP contribution < -0.4 is 10.1 Å². The summed E-state index contributed by atoms with van der Waals surface area (Å²) in [7, 11) is 1.67. The van der Waals surface area contributed by atoms with Gasteiger partial charge in [-0.05, 0) is 66.7 Å². The standard InChI is InChI=1S/C19H24BrNO3/c1-19(2)11-13-8-18(23-3)15(20)9-14(13)16(21-19)10-17(22)12-4-6-24-7-5-12/h8-10,12,21H,4-7,11H2,1-3H3/b16-10-. The molecule has 0 aliphatic carbocycles. The largest absolute Gasteiger partial charge is 0.496 e. The fourth-order valence-electron chi connectivity index (χ4n) is 3.46. The molecule has 0 radical (unpaired) electrons. The second kappa shape index (κ2) is 6.89. The minimum absolute atomic E-state index is 0.0724. The normalized spacial score (nSPS) is 21.9. The summed E-state index contributed by atoms with van der Waals surface area (Å²) in [5, 5.41) is 3.53. The van der Waals surface area contributed by atoms with Gasteiger partial charge >= 0.3 is 0 Å². The Balaban J connectivity index is 1.97. The summed E-state index contributed by atoms with van der Waals surface area (Å²) in [6.07, 6.45) is 4.29. The fourth-order valence-corrected chi connectivity index (χ4v) is 3.96. The van der Waals surface area contributed by atoms with E-state index in [0.29, 0.717) is 13.2 Å². The van der Waals surface area contributed by atoms with E-state index in [1.54, 1.807) is 13.2 Å². The predicted molar refractivity (Wildman–Crippen MR) is 98.1 cm³/mol. The van der Waals surface area contributed by atoms with Crippen LogP contribution in [0.4, 0.5) is 0 Å². The van der Waals surface area contributed by atoms with Crippen molar-refractivity contribution in [2.75, 3.05) is 20.3 Å². The first-order valence-corrected chi connectivity index (χ1v) is 9.17. The third-order valence-electron chi connectivity index (χ3n) is 4.68. The zero-order valence-electron chi connectivity index (χ0n) is 14.4. The molecule has 1 fully saturated rings. The fraction of sp³-hybridized carbons (Fsp3) is 0.526. The number of hydrogen-bond acceptors (Lipinski definition) is 4. The summed E-state index contributed by atoms with van der Waals surface area (Å²) >= 11 is 3.55. The molecule has 0 amide bonds. The van der Waals surface area contributed by atoms with Crippen LogP contribution >= 0.6 is 15.9 Å². The van der Waals surface area contributed by atoms with E-state index in [9.17, 15) is 4.79 Å². The van der Waals surface area contributed by atoms with E-state index in [1.165, 1.54) is 5.56 Å². The molecule has 0 spiro atoms. The number of ketones is 1. The highest BCUT2D eigenvalue weighted by Crippen LogP contribution is 2.37. The van der Waals surface area contributed by atoms with Crippen molar-refractivity contribution in [1.82, 2.24) is 5.32 Å². The Morgan fingerprint density at radius 3 is 2.75 bits per heavy atom. The van der Waals surface area contributed by atoms with Crippen molar-refractivity contribution in [2.45, 2.75) is 38.6 Å². The topological polar surface area (TPSA) is 47.6 Å².